The number of fused-ring (bicyclic) bond motifs is 1. The standard InChI is InChI=1S/C19H22BrN/c1-13-11-14-12-16(20)7-10-18(14)21(13)17-8-5-15(6-9-17)19(2,3)4/h5-10,12-13H,11H2,1-4H3. The highest BCUT2D eigenvalue weighted by molar-refractivity contribution is 9.10. The van der Waals surface area contributed by atoms with Crippen LogP contribution in [0.2, 0.25) is 0 Å². The van der Waals surface area contributed by atoms with Crippen molar-refractivity contribution >= 4 is 27.3 Å². The molecule has 0 aliphatic carbocycles. The van der Waals surface area contributed by atoms with Gasteiger partial charge in [0.1, 0.15) is 0 Å². The average Bonchev–Trinajstić information content (AvgIpc) is 2.73. The Morgan fingerprint density at radius 1 is 1.05 bits per heavy atom. The van der Waals surface area contributed by atoms with Gasteiger partial charge in [0.05, 0.1) is 0 Å². The Hall–Kier alpha value is -1.28. The lowest BCUT2D eigenvalue weighted by Gasteiger charge is -2.26. The van der Waals surface area contributed by atoms with Crippen LogP contribution in [0.4, 0.5) is 11.4 Å². The molecule has 1 aliphatic heterocycles. The minimum Gasteiger partial charge on any atom is -0.338 e. The number of nitrogens with zero attached hydrogens (tertiary/aromatic N) is 1. The van der Waals surface area contributed by atoms with Crippen molar-refractivity contribution in [2.75, 3.05) is 4.90 Å². The van der Waals surface area contributed by atoms with Crippen molar-refractivity contribution in [1.29, 1.82) is 0 Å². The van der Waals surface area contributed by atoms with Crippen molar-refractivity contribution in [1.82, 2.24) is 0 Å². The maximum atomic E-state index is 3.57. The summed E-state index contributed by atoms with van der Waals surface area (Å²) < 4.78 is 1.17. The highest BCUT2D eigenvalue weighted by Crippen LogP contribution is 2.39. The summed E-state index contributed by atoms with van der Waals surface area (Å²) in [5.74, 6) is 0. The molecular weight excluding hydrogens is 322 g/mol. The van der Waals surface area contributed by atoms with Crippen LogP contribution in [0.15, 0.2) is 46.9 Å². The normalized spacial score (nSPS) is 18.0. The van der Waals surface area contributed by atoms with Crippen molar-refractivity contribution in [3.05, 3.63) is 58.1 Å². The van der Waals surface area contributed by atoms with Crippen molar-refractivity contribution in [3.63, 3.8) is 0 Å². The lowest BCUT2D eigenvalue weighted by atomic mass is 9.87. The van der Waals surface area contributed by atoms with E-state index in [1.807, 2.05) is 0 Å². The van der Waals surface area contributed by atoms with Gasteiger partial charge in [-0.1, -0.05) is 48.8 Å². The van der Waals surface area contributed by atoms with Gasteiger partial charge in [-0.05, 0) is 60.2 Å². The van der Waals surface area contributed by atoms with E-state index in [1.54, 1.807) is 0 Å². The van der Waals surface area contributed by atoms with Gasteiger partial charge in [0, 0.05) is 21.9 Å². The second kappa shape index (κ2) is 5.17. The Labute approximate surface area is 136 Å². The Kier molecular flexibility index (Phi) is 3.61. The summed E-state index contributed by atoms with van der Waals surface area (Å²) in [6.45, 7) is 9.07. The molecule has 1 unspecified atom stereocenters. The fourth-order valence-electron chi connectivity index (χ4n) is 3.12. The molecule has 110 valence electrons. The minimum absolute atomic E-state index is 0.206. The second-order valence-corrected chi connectivity index (χ2v) is 7.91. The van der Waals surface area contributed by atoms with Crippen LogP contribution in [0.1, 0.15) is 38.8 Å². The van der Waals surface area contributed by atoms with E-state index in [1.165, 1.54) is 27.0 Å². The minimum atomic E-state index is 0.206. The van der Waals surface area contributed by atoms with Gasteiger partial charge in [-0.2, -0.15) is 0 Å². The number of rotatable bonds is 1. The Bertz CT molecular complexity index is 652. The first-order chi connectivity index (χ1) is 9.86. The van der Waals surface area contributed by atoms with Crippen LogP contribution in [0.3, 0.4) is 0 Å². The molecule has 21 heavy (non-hydrogen) atoms. The first kappa shape index (κ1) is 14.6. The Balaban J connectivity index is 1.98. The maximum Gasteiger partial charge on any atom is 0.0447 e. The van der Waals surface area contributed by atoms with Crippen LogP contribution >= 0.6 is 15.9 Å². The van der Waals surface area contributed by atoms with Crippen molar-refractivity contribution in [2.45, 2.75) is 45.6 Å². The summed E-state index contributed by atoms with van der Waals surface area (Å²) in [5, 5.41) is 0. The SMILES string of the molecule is CC1Cc2cc(Br)ccc2N1c1ccc(C(C)(C)C)cc1. The smallest absolute Gasteiger partial charge is 0.0447 e. The fraction of sp³-hybridized carbons (Fsp3) is 0.368. The zero-order valence-corrected chi connectivity index (χ0v) is 14.7. The first-order valence-electron chi connectivity index (χ1n) is 7.54. The molecule has 0 amide bonds. The zero-order chi connectivity index (χ0) is 15.2. The molecular formula is C19H22BrN. The number of benzene rings is 2. The summed E-state index contributed by atoms with van der Waals surface area (Å²) in [6.07, 6.45) is 1.11. The molecule has 1 heterocycles. The molecule has 2 heteroatoms. The molecule has 2 aromatic rings. The van der Waals surface area contributed by atoms with Crippen LogP contribution in [0, 0.1) is 0 Å². The van der Waals surface area contributed by atoms with Crippen molar-refractivity contribution in [2.24, 2.45) is 0 Å². The van der Waals surface area contributed by atoms with Crippen LogP contribution in [-0.2, 0) is 11.8 Å². The van der Waals surface area contributed by atoms with Crippen LogP contribution in [-0.4, -0.2) is 6.04 Å². The highest BCUT2D eigenvalue weighted by Gasteiger charge is 2.27. The molecule has 0 saturated carbocycles. The first-order valence-corrected chi connectivity index (χ1v) is 8.34. The number of hydrogen-bond acceptors (Lipinski definition) is 1. The number of anilines is 2. The molecule has 2 aromatic carbocycles. The quantitative estimate of drug-likeness (QED) is 0.629. The molecule has 0 aromatic heterocycles. The molecule has 0 radical (unpaired) electrons. The van der Waals surface area contributed by atoms with Crippen LogP contribution in [0.5, 0.6) is 0 Å². The van der Waals surface area contributed by atoms with Crippen LogP contribution in [0.25, 0.3) is 0 Å². The molecule has 0 N–H and O–H groups in total. The van der Waals surface area contributed by atoms with E-state index >= 15 is 0 Å². The van der Waals surface area contributed by atoms with E-state index in [4.69, 9.17) is 0 Å². The van der Waals surface area contributed by atoms with Gasteiger partial charge in [-0.3, -0.25) is 0 Å². The van der Waals surface area contributed by atoms with E-state index in [2.05, 4.69) is 91.0 Å². The second-order valence-electron chi connectivity index (χ2n) is 6.99. The van der Waals surface area contributed by atoms with Gasteiger partial charge in [0.2, 0.25) is 0 Å². The van der Waals surface area contributed by atoms with Crippen molar-refractivity contribution < 1.29 is 0 Å². The predicted molar refractivity (Wildman–Crippen MR) is 94.6 cm³/mol. The van der Waals surface area contributed by atoms with E-state index in [-0.39, 0.29) is 5.41 Å². The van der Waals surface area contributed by atoms with E-state index in [9.17, 15) is 0 Å². The number of hydrogen-bond donors (Lipinski definition) is 0. The summed E-state index contributed by atoms with van der Waals surface area (Å²) in [5.41, 5.74) is 5.65. The summed E-state index contributed by atoms with van der Waals surface area (Å²) >= 11 is 3.57. The molecule has 0 spiro atoms. The lowest BCUT2D eigenvalue weighted by Crippen LogP contribution is -2.24. The lowest BCUT2D eigenvalue weighted by molar-refractivity contribution is 0.590. The van der Waals surface area contributed by atoms with Gasteiger partial charge < -0.3 is 4.90 Å². The molecule has 3 rings (SSSR count). The van der Waals surface area contributed by atoms with Crippen LogP contribution < -0.4 is 4.90 Å². The van der Waals surface area contributed by atoms with Gasteiger partial charge in [-0.25, -0.2) is 0 Å². The Morgan fingerprint density at radius 2 is 1.71 bits per heavy atom. The molecule has 1 nitrogen and oxygen atoms in total. The maximum absolute atomic E-state index is 3.57. The molecule has 1 aliphatic rings. The van der Waals surface area contributed by atoms with Crippen molar-refractivity contribution in [3.8, 4) is 0 Å². The van der Waals surface area contributed by atoms with E-state index in [0.717, 1.165) is 6.42 Å². The third kappa shape index (κ3) is 2.74. The van der Waals surface area contributed by atoms with Gasteiger partial charge in [0.15, 0.2) is 0 Å². The summed E-state index contributed by atoms with van der Waals surface area (Å²) in [6, 6.07) is 16.2. The summed E-state index contributed by atoms with van der Waals surface area (Å²) in [4.78, 5) is 2.45. The predicted octanol–water partition coefficient (Wildman–Crippen LogP) is 5.83. The fourth-order valence-corrected chi connectivity index (χ4v) is 3.52. The highest BCUT2D eigenvalue weighted by atomic mass is 79.9. The molecule has 0 fully saturated rings. The van der Waals surface area contributed by atoms with E-state index in [0.29, 0.717) is 6.04 Å². The molecule has 0 bridgehead atoms. The third-order valence-corrected chi connectivity index (χ3v) is 4.76. The number of halogens is 1. The van der Waals surface area contributed by atoms with Gasteiger partial charge >= 0.3 is 0 Å². The van der Waals surface area contributed by atoms with Gasteiger partial charge in [-0.15, -0.1) is 0 Å². The van der Waals surface area contributed by atoms with E-state index < -0.39 is 0 Å². The zero-order valence-electron chi connectivity index (χ0n) is 13.2. The monoisotopic (exact) mass is 343 g/mol. The largest absolute Gasteiger partial charge is 0.338 e. The Morgan fingerprint density at radius 3 is 2.33 bits per heavy atom. The van der Waals surface area contributed by atoms with Gasteiger partial charge in [0.25, 0.3) is 0 Å². The summed E-state index contributed by atoms with van der Waals surface area (Å²) in [7, 11) is 0. The molecule has 0 saturated heterocycles. The third-order valence-electron chi connectivity index (χ3n) is 4.27. The average molecular weight is 344 g/mol. The topological polar surface area (TPSA) is 3.24 Å². The molecule has 1 atom stereocenters.